The van der Waals surface area contributed by atoms with E-state index in [-0.39, 0.29) is 5.97 Å². The zero-order valence-electron chi connectivity index (χ0n) is 17.6. The van der Waals surface area contributed by atoms with Crippen LogP contribution in [0.3, 0.4) is 0 Å². The zero-order chi connectivity index (χ0) is 21.2. The molecule has 3 aromatic carbocycles. The van der Waals surface area contributed by atoms with Gasteiger partial charge in [-0.3, -0.25) is 4.79 Å². The molecule has 0 aromatic heterocycles. The summed E-state index contributed by atoms with van der Waals surface area (Å²) in [5.41, 5.74) is 4.05. The molecule has 0 bridgehead atoms. The van der Waals surface area contributed by atoms with Gasteiger partial charge in [0.2, 0.25) is 0 Å². The molecule has 0 atom stereocenters. The number of carbonyl (C=O) groups is 1. The smallest absolute Gasteiger partial charge is 0.308 e. The summed E-state index contributed by atoms with van der Waals surface area (Å²) in [6.45, 7) is 4.02. The molecule has 3 rings (SSSR count). The Morgan fingerprint density at radius 1 is 0.900 bits per heavy atom. The van der Waals surface area contributed by atoms with Crippen molar-refractivity contribution in [3.05, 3.63) is 101 Å². The van der Waals surface area contributed by atoms with Crippen LogP contribution in [0.15, 0.2) is 78.9 Å². The van der Waals surface area contributed by atoms with Crippen molar-refractivity contribution in [2.75, 3.05) is 0 Å². The second kappa shape index (κ2) is 11.0. The van der Waals surface area contributed by atoms with Crippen molar-refractivity contribution >= 4 is 12.0 Å². The predicted octanol–water partition coefficient (Wildman–Crippen LogP) is 6.60. The van der Waals surface area contributed by atoms with Gasteiger partial charge in [0.15, 0.2) is 0 Å². The monoisotopic (exact) mass is 400 g/mol. The fourth-order valence-electron chi connectivity index (χ4n) is 3.21. The van der Waals surface area contributed by atoms with Crippen LogP contribution in [0.2, 0.25) is 0 Å². The average molecular weight is 401 g/mol. The van der Waals surface area contributed by atoms with E-state index in [1.165, 1.54) is 6.92 Å². The van der Waals surface area contributed by atoms with Gasteiger partial charge in [-0.15, -0.1) is 0 Å². The van der Waals surface area contributed by atoms with Crippen LogP contribution in [0.1, 0.15) is 48.9 Å². The molecule has 0 amide bonds. The lowest BCUT2D eigenvalue weighted by molar-refractivity contribution is -0.131. The Hall–Kier alpha value is -3.33. The Bertz CT molecular complexity index is 976. The molecular formula is C27H28O3. The molecule has 0 radical (unpaired) electrons. The third-order valence-electron chi connectivity index (χ3n) is 4.67. The normalized spacial score (nSPS) is 10.9. The molecule has 0 N–H and O–H groups in total. The highest BCUT2D eigenvalue weighted by Crippen LogP contribution is 2.34. The topological polar surface area (TPSA) is 35.5 Å². The first-order valence-corrected chi connectivity index (χ1v) is 10.4. The SMILES string of the molecule is CCCC=Cc1cc(OCc2ccccc2)c(Cc2ccccc2)c(OC(C)=O)c1. The first kappa shape index (κ1) is 21.4. The molecule has 0 spiro atoms. The minimum atomic E-state index is -0.340. The molecule has 0 aliphatic heterocycles. The van der Waals surface area contributed by atoms with Crippen molar-refractivity contribution in [3.8, 4) is 11.5 Å². The maximum atomic E-state index is 11.8. The number of allylic oxidation sites excluding steroid dienone is 1. The van der Waals surface area contributed by atoms with Crippen molar-refractivity contribution in [3.63, 3.8) is 0 Å². The maximum Gasteiger partial charge on any atom is 0.308 e. The molecule has 154 valence electrons. The minimum absolute atomic E-state index is 0.340. The van der Waals surface area contributed by atoms with Crippen LogP contribution in [-0.2, 0) is 17.8 Å². The van der Waals surface area contributed by atoms with Gasteiger partial charge in [-0.1, -0.05) is 86.2 Å². The lowest BCUT2D eigenvalue weighted by Crippen LogP contribution is -2.07. The number of benzene rings is 3. The van der Waals surface area contributed by atoms with Crippen molar-refractivity contribution in [1.29, 1.82) is 0 Å². The predicted molar refractivity (Wildman–Crippen MR) is 122 cm³/mol. The maximum absolute atomic E-state index is 11.8. The molecule has 3 aromatic rings. The summed E-state index contributed by atoms with van der Waals surface area (Å²) < 4.78 is 11.8. The van der Waals surface area contributed by atoms with Gasteiger partial charge in [0, 0.05) is 18.9 Å². The van der Waals surface area contributed by atoms with E-state index in [0.29, 0.717) is 18.8 Å². The van der Waals surface area contributed by atoms with Gasteiger partial charge in [0.25, 0.3) is 0 Å². The van der Waals surface area contributed by atoms with Gasteiger partial charge >= 0.3 is 5.97 Å². The first-order valence-electron chi connectivity index (χ1n) is 10.4. The van der Waals surface area contributed by atoms with Crippen LogP contribution in [0, 0.1) is 0 Å². The average Bonchev–Trinajstić information content (AvgIpc) is 2.75. The van der Waals surface area contributed by atoms with E-state index in [1.807, 2.05) is 60.7 Å². The first-order chi connectivity index (χ1) is 14.7. The van der Waals surface area contributed by atoms with Crippen molar-refractivity contribution < 1.29 is 14.3 Å². The van der Waals surface area contributed by atoms with E-state index < -0.39 is 0 Å². The summed E-state index contributed by atoms with van der Waals surface area (Å²) in [5.74, 6) is 0.943. The summed E-state index contributed by atoms with van der Waals surface area (Å²) in [5, 5.41) is 0. The molecular weight excluding hydrogens is 372 g/mol. The zero-order valence-corrected chi connectivity index (χ0v) is 17.6. The van der Waals surface area contributed by atoms with Crippen LogP contribution in [0.4, 0.5) is 0 Å². The molecule has 3 heteroatoms. The number of rotatable bonds is 9. The van der Waals surface area contributed by atoms with Crippen LogP contribution in [-0.4, -0.2) is 5.97 Å². The summed E-state index contributed by atoms with van der Waals surface area (Å²) in [6, 6.07) is 24.1. The Kier molecular flexibility index (Phi) is 7.85. The third-order valence-corrected chi connectivity index (χ3v) is 4.67. The minimum Gasteiger partial charge on any atom is -0.488 e. The van der Waals surface area contributed by atoms with E-state index in [2.05, 4.69) is 31.2 Å². The van der Waals surface area contributed by atoms with Crippen molar-refractivity contribution in [2.24, 2.45) is 0 Å². The lowest BCUT2D eigenvalue weighted by atomic mass is 10.0. The highest BCUT2D eigenvalue weighted by Gasteiger charge is 2.16. The molecule has 0 heterocycles. The number of unbranched alkanes of at least 4 members (excludes halogenated alkanes) is 1. The van der Waals surface area contributed by atoms with Gasteiger partial charge in [0.1, 0.15) is 18.1 Å². The van der Waals surface area contributed by atoms with Crippen LogP contribution in [0.5, 0.6) is 11.5 Å². The Morgan fingerprint density at radius 2 is 1.53 bits per heavy atom. The molecule has 30 heavy (non-hydrogen) atoms. The molecule has 0 saturated carbocycles. The second-order valence-corrected chi connectivity index (χ2v) is 7.22. The number of ether oxygens (including phenoxy) is 2. The van der Waals surface area contributed by atoms with Gasteiger partial charge < -0.3 is 9.47 Å². The highest BCUT2D eigenvalue weighted by atomic mass is 16.5. The summed E-state index contributed by atoms with van der Waals surface area (Å²) in [4.78, 5) is 11.8. The molecule has 0 aliphatic carbocycles. The number of hydrogen-bond acceptors (Lipinski definition) is 3. The van der Waals surface area contributed by atoms with Crippen molar-refractivity contribution in [2.45, 2.75) is 39.7 Å². The number of hydrogen-bond donors (Lipinski definition) is 0. The Labute approximate surface area is 179 Å². The molecule has 3 nitrogen and oxygen atoms in total. The number of esters is 1. The van der Waals surface area contributed by atoms with Crippen molar-refractivity contribution in [1.82, 2.24) is 0 Å². The van der Waals surface area contributed by atoms with E-state index in [0.717, 1.165) is 40.8 Å². The number of carbonyl (C=O) groups excluding carboxylic acids is 1. The third kappa shape index (κ3) is 6.35. The van der Waals surface area contributed by atoms with Gasteiger partial charge in [-0.25, -0.2) is 0 Å². The Morgan fingerprint density at radius 3 is 2.17 bits per heavy atom. The van der Waals surface area contributed by atoms with Gasteiger partial charge in [0.05, 0.1) is 0 Å². The van der Waals surface area contributed by atoms with E-state index >= 15 is 0 Å². The molecule has 0 saturated heterocycles. The largest absolute Gasteiger partial charge is 0.488 e. The summed E-state index contributed by atoms with van der Waals surface area (Å²) in [7, 11) is 0. The molecule has 0 fully saturated rings. The van der Waals surface area contributed by atoms with Crippen LogP contribution < -0.4 is 9.47 Å². The van der Waals surface area contributed by atoms with E-state index in [4.69, 9.17) is 9.47 Å². The molecule has 0 aliphatic rings. The molecule has 0 unspecified atom stereocenters. The van der Waals surface area contributed by atoms with Gasteiger partial charge in [-0.2, -0.15) is 0 Å². The highest BCUT2D eigenvalue weighted by molar-refractivity contribution is 5.71. The van der Waals surface area contributed by atoms with Gasteiger partial charge in [-0.05, 0) is 35.2 Å². The van der Waals surface area contributed by atoms with Crippen LogP contribution >= 0.6 is 0 Å². The fraction of sp³-hybridized carbons (Fsp3) is 0.222. The van der Waals surface area contributed by atoms with E-state index in [9.17, 15) is 4.79 Å². The van der Waals surface area contributed by atoms with E-state index in [1.54, 1.807) is 0 Å². The van der Waals surface area contributed by atoms with Crippen LogP contribution in [0.25, 0.3) is 6.08 Å². The quantitative estimate of drug-likeness (QED) is 0.300. The standard InChI is InChI=1S/C27H28O3/c1-3-4-7-16-24-18-26(29-20-23-14-10-6-11-15-23)25(27(19-24)30-21(2)28)17-22-12-8-5-9-13-22/h5-16,18-19H,3-4,17,20H2,1-2H3. The Balaban J connectivity index is 2.00. The fourth-order valence-corrected chi connectivity index (χ4v) is 3.21. The lowest BCUT2D eigenvalue weighted by Gasteiger charge is -2.17. The second-order valence-electron chi connectivity index (χ2n) is 7.22. The summed E-state index contributed by atoms with van der Waals surface area (Å²) >= 11 is 0. The summed E-state index contributed by atoms with van der Waals surface area (Å²) in [6.07, 6.45) is 6.88.